The van der Waals surface area contributed by atoms with E-state index in [1.54, 1.807) is 6.08 Å². The topological polar surface area (TPSA) is 32.3 Å². The first-order valence-electron chi connectivity index (χ1n) is 6.57. The summed E-state index contributed by atoms with van der Waals surface area (Å²) in [5.41, 5.74) is 1.16. The van der Waals surface area contributed by atoms with Crippen LogP contribution in [-0.2, 0) is 11.3 Å². The predicted octanol–water partition coefficient (Wildman–Crippen LogP) is 2.72. The van der Waals surface area contributed by atoms with E-state index in [0.29, 0.717) is 25.7 Å². The van der Waals surface area contributed by atoms with E-state index in [-0.39, 0.29) is 5.91 Å². The summed E-state index contributed by atoms with van der Waals surface area (Å²) in [6, 6.07) is 8.49. The quantitative estimate of drug-likeness (QED) is 0.618. The van der Waals surface area contributed by atoms with Gasteiger partial charge < -0.3 is 10.2 Å². The van der Waals surface area contributed by atoms with Crippen LogP contribution >= 0.6 is 15.9 Å². The summed E-state index contributed by atoms with van der Waals surface area (Å²) in [6.07, 6.45) is 4.01. The molecule has 0 atom stereocenters. The van der Waals surface area contributed by atoms with Crippen LogP contribution in [0.15, 0.2) is 41.4 Å². The molecular weight excluding hydrogens is 304 g/mol. The van der Waals surface area contributed by atoms with Crippen molar-refractivity contribution in [1.29, 1.82) is 0 Å². The van der Waals surface area contributed by atoms with Crippen molar-refractivity contribution < 1.29 is 4.79 Å². The highest BCUT2D eigenvalue weighted by atomic mass is 79.9. The molecule has 0 bridgehead atoms. The molecule has 1 aromatic rings. The van der Waals surface area contributed by atoms with Crippen molar-refractivity contribution >= 4 is 21.8 Å². The fourth-order valence-electron chi connectivity index (χ4n) is 2.00. The number of benzene rings is 1. The Kier molecular flexibility index (Phi) is 5.16. The fraction of sp³-hybridized carbons (Fsp3) is 0.400. The Labute approximate surface area is 122 Å². The second-order valence-electron chi connectivity index (χ2n) is 4.76. The van der Waals surface area contributed by atoms with Gasteiger partial charge in [-0.05, 0) is 24.5 Å². The van der Waals surface area contributed by atoms with Crippen LogP contribution in [0.3, 0.4) is 0 Å². The van der Waals surface area contributed by atoms with Gasteiger partial charge in [-0.15, -0.1) is 6.58 Å². The van der Waals surface area contributed by atoms with Crippen LogP contribution < -0.4 is 5.32 Å². The average Bonchev–Trinajstić information content (AvgIpc) is 3.22. The van der Waals surface area contributed by atoms with Gasteiger partial charge in [-0.1, -0.05) is 40.2 Å². The molecule has 19 heavy (non-hydrogen) atoms. The van der Waals surface area contributed by atoms with Gasteiger partial charge >= 0.3 is 0 Å². The average molecular weight is 323 g/mol. The maximum absolute atomic E-state index is 12.2. The first-order valence-corrected chi connectivity index (χ1v) is 7.36. The lowest BCUT2D eigenvalue weighted by Crippen LogP contribution is -2.39. The Morgan fingerprint density at radius 2 is 2.21 bits per heavy atom. The SMILES string of the molecule is C=CCNCC(=O)N(Cc1ccccc1Br)C1CC1. The van der Waals surface area contributed by atoms with Gasteiger partial charge in [-0.25, -0.2) is 0 Å². The zero-order valence-electron chi connectivity index (χ0n) is 10.9. The lowest BCUT2D eigenvalue weighted by Gasteiger charge is -2.23. The van der Waals surface area contributed by atoms with Gasteiger partial charge in [0.1, 0.15) is 0 Å². The molecule has 1 aromatic carbocycles. The van der Waals surface area contributed by atoms with Crippen LogP contribution in [0.5, 0.6) is 0 Å². The summed E-state index contributed by atoms with van der Waals surface area (Å²) in [5, 5.41) is 3.08. The fourth-order valence-corrected chi connectivity index (χ4v) is 2.41. The minimum absolute atomic E-state index is 0.167. The zero-order chi connectivity index (χ0) is 13.7. The van der Waals surface area contributed by atoms with Crippen LogP contribution in [-0.4, -0.2) is 29.9 Å². The number of amides is 1. The smallest absolute Gasteiger partial charge is 0.237 e. The third kappa shape index (κ3) is 4.18. The molecule has 1 aliphatic rings. The first-order chi connectivity index (χ1) is 9.22. The van der Waals surface area contributed by atoms with E-state index in [0.717, 1.165) is 22.9 Å². The highest BCUT2D eigenvalue weighted by molar-refractivity contribution is 9.10. The van der Waals surface area contributed by atoms with Crippen molar-refractivity contribution in [2.24, 2.45) is 0 Å². The lowest BCUT2D eigenvalue weighted by molar-refractivity contribution is -0.131. The Morgan fingerprint density at radius 1 is 1.47 bits per heavy atom. The van der Waals surface area contributed by atoms with Crippen LogP contribution in [0.25, 0.3) is 0 Å². The van der Waals surface area contributed by atoms with Crippen molar-refractivity contribution in [2.45, 2.75) is 25.4 Å². The molecule has 0 aliphatic heterocycles. The largest absolute Gasteiger partial charge is 0.334 e. The molecule has 1 aliphatic carbocycles. The van der Waals surface area contributed by atoms with Crippen molar-refractivity contribution in [1.82, 2.24) is 10.2 Å². The van der Waals surface area contributed by atoms with E-state index in [2.05, 4.69) is 33.9 Å². The normalized spacial score (nSPS) is 14.2. The van der Waals surface area contributed by atoms with Crippen LogP contribution in [0.1, 0.15) is 18.4 Å². The monoisotopic (exact) mass is 322 g/mol. The van der Waals surface area contributed by atoms with Gasteiger partial charge in [0.25, 0.3) is 0 Å². The van der Waals surface area contributed by atoms with E-state index < -0.39 is 0 Å². The van der Waals surface area contributed by atoms with Gasteiger partial charge in [-0.2, -0.15) is 0 Å². The molecule has 4 heteroatoms. The third-order valence-electron chi connectivity index (χ3n) is 3.17. The second-order valence-corrected chi connectivity index (χ2v) is 5.62. The summed E-state index contributed by atoms with van der Waals surface area (Å²) < 4.78 is 1.06. The number of rotatable bonds is 7. The van der Waals surface area contributed by atoms with Gasteiger partial charge in [0.15, 0.2) is 0 Å². The Bertz CT molecular complexity index is 457. The highest BCUT2D eigenvalue weighted by Crippen LogP contribution is 2.29. The summed E-state index contributed by atoms with van der Waals surface area (Å²) in [6.45, 7) is 5.36. The van der Waals surface area contributed by atoms with Crippen molar-refractivity contribution in [3.05, 3.63) is 47.0 Å². The molecule has 0 unspecified atom stereocenters. The molecule has 0 saturated heterocycles. The number of hydrogen-bond acceptors (Lipinski definition) is 2. The van der Waals surface area contributed by atoms with Gasteiger partial charge in [0, 0.05) is 23.6 Å². The molecule has 0 radical (unpaired) electrons. The summed E-state index contributed by atoms with van der Waals surface area (Å²) >= 11 is 3.54. The maximum atomic E-state index is 12.2. The Morgan fingerprint density at radius 3 is 2.84 bits per heavy atom. The number of nitrogens with zero attached hydrogens (tertiary/aromatic N) is 1. The van der Waals surface area contributed by atoms with Gasteiger partial charge in [-0.3, -0.25) is 4.79 Å². The number of nitrogens with one attached hydrogen (secondary N) is 1. The summed E-state index contributed by atoms with van der Waals surface area (Å²) in [4.78, 5) is 14.2. The summed E-state index contributed by atoms with van der Waals surface area (Å²) in [7, 11) is 0. The molecule has 102 valence electrons. The number of carbonyl (C=O) groups excluding carboxylic acids is 1. The molecule has 0 spiro atoms. The molecule has 1 amide bonds. The highest BCUT2D eigenvalue weighted by Gasteiger charge is 2.32. The zero-order valence-corrected chi connectivity index (χ0v) is 12.5. The predicted molar refractivity (Wildman–Crippen MR) is 80.8 cm³/mol. The molecule has 0 heterocycles. The molecule has 3 nitrogen and oxygen atoms in total. The van der Waals surface area contributed by atoms with E-state index >= 15 is 0 Å². The minimum atomic E-state index is 0.167. The number of carbonyl (C=O) groups is 1. The summed E-state index contributed by atoms with van der Waals surface area (Å²) in [5.74, 6) is 0.167. The molecule has 1 N–H and O–H groups in total. The van der Waals surface area contributed by atoms with E-state index in [9.17, 15) is 4.79 Å². The molecular formula is C15H19BrN2O. The number of hydrogen-bond donors (Lipinski definition) is 1. The van der Waals surface area contributed by atoms with Crippen LogP contribution in [0.2, 0.25) is 0 Å². The van der Waals surface area contributed by atoms with E-state index in [4.69, 9.17) is 0 Å². The van der Waals surface area contributed by atoms with Gasteiger partial charge in [0.2, 0.25) is 5.91 Å². The van der Waals surface area contributed by atoms with Crippen LogP contribution in [0, 0.1) is 0 Å². The molecule has 0 aromatic heterocycles. The van der Waals surface area contributed by atoms with Gasteiger partial charge in [0.05, 0.1) is 6.54 Å². The van der Waals surface area contributed by atoms with E-state index in [1.807, 2.05) is 23.1 Å². The Balaban J connectivity index is 1.98. The van der Waals surface area contributed by atoms with Crippen molar-refractivity contribution in [2.75, 3.05) is 13.1 Å². The lowest BCUT2D eigenvalue weighted by atomic mass is 10.2. The standard InChI is InChI=1S/C15H19BrN2O/c1-2-9-17-10-15(19)18(13-7-8-13)11-12-5-3-4-6-14(12)16/h2-6,13,17H,1,7-11H2. The first kappa shape index (κ1) is 14.3. The Hall–Kier alpha value is -1.13. The maximum Gasteiger partial charge on any atom is 0.237 e. The molecule has 1 saturated carbocycles. The van der Waals surface area contributed by atoms with Crippen molar-refractivity contribution in [3.63, 3.8) is 0 Å². The molecule has 1 fully saturated rings. The van der Waals surface area contributed by atoms with Crippen LogP contribution in [0.4, 0.5) is 0 Å². The van der Waals surface area contributed by atoms with E-state index in [1.165, 1.54) is 0 Å². The minimum Gasteiger partial charge on any atom is -0.334 e. The second kappa shape index (κ2) is 6.87. The number of halogens is 1. The van der Waals surface area contributed by atoms with Crippen molar-refractivity contribution in [3.8, 4) is 0 Å². The molecule has 2 rings (SSSR count). The third-order valence-corrected chi connectivity index (χ3v) is 3.95.